The second kappa shape index (κ2) is 7.94. The zero-order valence-electron chi connectivity index (χ0n) is 14.7. The van der Waals surface area contributed by atoms with E-state index in [9.17, 15) is 0 Å². The quantitative estimate of drug-likeness (QED) is 0.761. The highest BCUT2D eigenvalue weighted by atomic mass is 16.5. The second-order valence-corrected chi connectivity index (χ2v) is 7.80. The molecular weight excluding hydrogens is 260 g/mol. The molecule has 1 saturated heterocycles. The number of hydrogen-bond donors (Lipinski definition) is 1. The number of nitrogens with one attached hydrogen (secondary N) is 1. The van der Waals surface area contributed by atoms with E-state index in [4.69, 9.17) is 4.74 Å². The fourth-order valence-electron chi connectivity index (χ4n) is 4.28. The number of rotatable bonds is 6. The van der Waals surface area contributed by atoms with Crippen LogP contribution in [0.1, 0.15) is 59.8 Å². The van der Waals surface area contributed by atoms with Crippen LogP contribution in [0.15, 0.2) is 0 Å². The van der Waals surface area contributed by atoms with Crippen LogP contribution in [0.5, 0.6) is 0 Å². The third-order valence-electron chi connectivity index (χ3n) is 5.39. The first kappa shape index (κ1) is 17.2. The maximum atomic E-state index is 5.80. The second-order valence-electron chi connectivity index (χ2n) is 7.80. The van der Waals surface area contributed by atoms with Gasteiger partial charge in [0, 0.05) is 25.7 Å². The van der Waals surface area contributed by atoms with Crippen LogP contribution in [0.4, 0.5) is 0 Å². The Bertz CT molecular complexity index is 310. The van der Waals surface area contributed by atoms with E-state index in [-0.39, 0.29) is 0 Å². The molecule has 1 aliphatic heterocycles. The first-order valence-corrected chi connectivity index (χ1v) is 9.11. The molecule has 124 valence electrons. The molecule has 0 aromatic heterocycles. The molecule has 4 atom stereocenters. The Balaban J connectivity index is 2.00. The van der Waals surface area contributed by atoms with Crippen LogP contribution in [0.25, 0.3) is 0 Å². The molecule has 0 aromatic rings. The SMILES string of the molecule is CCCNCC1(CN2CC(C)OCC2C)CCCC(C)C1. The van der Waals surface area contributed by atoms with Crippen LogP contribution < -0.4 is 5.32 Å². The van der Waals surface area contributed by atoms with E-state index >= 15 is 0 Å². The molecule has 1 N–H and O–H groups in total. The van der Waals surface area contributed by atoms with Gasteiger partial charge in [-0.25, -0.2) is 0 Å². The van der Waals surface area contributed by atoms with E-state index in [1.807, 2.05) is 0 Å². The van der Waals surface area contributed by atoms with Crippen molar-refractivity contribution in [1.82, 2.24) is 10.2 Å². The summed E-state index contributed by atoms with van der Waals surface area (Å²) >= 11 is 0. The van der Waals surface area contributed by atoms with Gasteiger partial charge in [0.25, 0.3) is 0 Å². The van der Waals surface area contributed by atoms with Gasteiger partial charge in [0.2, 0.25) is 0 Å². The van der Waals surface area contributed by atoms with E-state index < -0.39 is 0 Å². The average Bonchev–Trinajstić information content (AvgIpc) is 2.43. The van der Waals surface area contributed by atoms with E-state index in [1.165, 1.54) is 45.2 Å². The van der Waals surface area contributed by atoms with Gasteiger partial charge in [-0.2, -0.15) is 0 Å². The molecule has 2 aliphatic rings. The minimum atomic E-state index is 0.392. The smallest absolute Gasteiger partial charge is 0.0674 e. The highest BCUT2D eigenvalue weighted by Crippen LogP contribution is 2.40. The van der Waals surface area contributed by atoms with Crippen molar-refractivity contribution in [2.45, 2.75) is 71.9 Å². The van der Waals surface area contributed by atoms with Crippen molar-refractivity contribution in [3.8, 4) is 0 Å². The number of ether oxygens (including phenoxy) is 1. The molecule has 0 aromatic carbocycles. The molecular formula is C18H36N2O. The Morgan fingerprint density at radius 1 is 1.29 bits per heavy atom. The summed E-state index contributed by atoms with van der Waals surface area (Å²) in [7, 11) is 0. The zero-order valence-corrected chi connectivity index (χ0v) is 14.7. The minimum absolute atomic E-state index is 0.392. The van der Waals surface area contributed by atoms with Gasteiger partial charge in [0.1, 0.15) is 0 Å². The molecule has 0 radical (unpaired) electrons. The standard InChI is InChI=1S/C18H36N2O/c1-5-9-19-13-18(8-6-7-15(2)10-18)14-20-11-17(4)21-12-16(20)3/h15-17,19H,5-14H2,1-4H3. The summed E-state index contributed by atoms with van der Waals surface area (Å²) in [5, 5.41) is 3.72. The zero-order chi connectivity index (χ0) is 15.3. The molecule has 1 aliphatic carbocycles. The summed E-state index contributed by atoms with van der Waals surface area (Å²) in [6.45, 7) is 14.8. The molecule has 4 unspecified atom stereocenters. The van der Waals surface area contributed by atoms with Crippen LogP contribution in [-0.2, 0) is 4.74 Å². The van der Waals surface area contributed by atoms with Crippen molar-refractivity contribution in [3.05, 3.63) is 0 Å². The summed E-state index contributed by atoms with van der Waals surface area (Å²) in [4.78, 5) is 2.69. The van der Waals surface area contributed by atoms with E-state index in [0.717, 1.165) is 25.6 Å². The molecule has 3 heteroatoms. The van der Waals surface area contributed by atoms with Crippen molar-refractivity contribution < 1.29 is 4.74 Å². The summed E-state index contributed by atoms with van der Waals surface area (Å²) in [6, 6.07) is 0.571. The highest BCUT2D eigenvalue weighted by molar-refractivity contribution is 4.92. The van der Waals surface area contributed by atoms with Crippen molar-refractivity contribution in [2.75, 3.05) is 32.8 Å². The predicted molar refractivity (Wildman–Crippen MR) is 89.7 cm³/mol. The van der Waals surface area contributed by atoms with Gasteiger partial charge >= 0.3 is 0 Å². The van der Waals surface area contributed by atoms with Crippen molar-refractivity contribution in [3.63, 3.8) is 0 Å². The van der Waals surface area contributed by atoms with Gasteiger partial charge < -0.3 is 10.1 Å². The fourth-order valence-corrected chi connectivity index (χ4v) is 4.28. The van der Waals surface area contributed by atoms with Crippen molar-refractivity contribution in [1.29, 1.82) is 0 Å². The van der Waals surface area contributed by atoms with Crippen LogP contribution in [0.3, 0.4) is 0 Å². The third-order valence-corrected chi connectivity index (χ3v) is 5.39. The first-order chi connectivity index (χ1) is 10.0. The van der Waals surface area contributed by atoms with E-state index in [1.54, 1.807) is 0 Å². The molecule has 2 fully saturated rings. The Hall–Kier alpha value is -0.120. The van der Waals surface area contributed by atoms with Crippen LogP contribution in [0.2, 0.25) is 0 Å². The Morgan fingerprint density at radius 2 is 2.10 bits per heavy atom. The summed E-state index contributed by atoms with van der Waals surface area (Å²) in [5.74, 6) is 0.885. The third kappa shape index (κ3) is 4.94. The topological polar surface area (TPSA) is 24.5 Å². The van der Waals surface area contributed by atoms with E-state index in [0.29, 0.717) is 17.6 Å². The largest absolute Gasteiger partial charge is 0.376 e. The lowest BCUT2D eigenvalue weighted by Crippen LogP contribution is -2.54. The molecule has 0 amide bonds. The lowest BCUT2D eigenvalue weighted by atomic mass is 9.69. The highest BCUT2D eigenvalue weighted by Gasteiger charge is 2.38. The number of morpholine rings is 1. The van der Waals surface area contributed by atoms with Gasteiger partial charge in [-0.3, -0.25) is 4.90 Å². The molecule has 2 rings (SSSR count). The molecule has 3 nitrogen and oxygen atoms in total. The summed E-state index contributed by atoms with van der Waals surface area (Å²) in [5.41, 5.74) is 0.484. The van der Waals surface area contributed by atoms with Crippen LogP contribution in [-0.4, -0.2) is 49.8 Å². The van der Waals surface area contributed by atoms with E-state index in [2.05, 4.69) is 37.9 Å². The Morgan fingerprint density at radius 3 is 2.81 bits per heavy atom. The molecule has 1 heterocycles. The Labute approximate surface area is 131 Å². The lowest BCUT2D eigenvalue weighted by molar-refractivity contribution is -0.0689. The lowest BCUT2D eigenvalue weighted by Gasteiger charge is -2.47. The van der Waals surface area contributed by atoms with Crippen LogP contribution >= 0.6 is 0 Å². The molecule has 0 spiro atoms. The van der Waals surface area contributed by atoms with Gasteiger partial charge in [-0.15, -0.1) is 0 Å². The van der Waals surface area contributed by atoms with Gasteiger partial charge in [0.15, 0.2) is 0 Å². The summed E-state index contributed by atoms with van der Waals surface area (Å²) < 4.78 is 5.80. The first-order valence-electron chi connectivity index (χ1n) is 9.11. The molecule has 0 bridgehead atoms. The van der Waals surface area contributed by atoms with Crippen molar-refractivity contribution >= 4 is 0 Å². The maximum absolute atomic E-state index is 5.80. The summed E-state index contributed by atoms with van der Waals surface area (Å²) in [6.07, 6.45) is 7.24. The molecule has 21 heavy (non-hydrogen) atoms. The molecule has 1 saturated carbocycles. The maximum Gasteiger partial charge on any atom is 0.0674 e. The number of nitrogens with zero attached hydrogens (tertiary/aromatic N) is 1. The normalized spacial score (nSPS) is 38.6. The van der Waals surface area contributed by atoms with Crippen LogP contribution in [0, 0.1) is 11.3 Å². The monoisotopic (exact) mass is 296 g/mol. The van der Waals surface area contributed by atoms with Gasteiger partial charge in [0.05, 0.1) is 12.7 Å². The van der Waals surface area contributed by atoms with Gasteiger partial charge in [-0.1, -0.05) is 26.7 Å². The van der Waals surface area contributed by atoms with Gasteiger partial charge in [-0.05, 0) is 51.0 Å². The predicted octanol–water partition coefficient (Wildman–Crippen LogP) is 3.29. The number of hydrogen-bond acceptors (Lipinski definition) is 3. The average molecular weight is 296 g/mol. The minimum Gasteiger partial charge on any atom is -0.376 e. The Kier molecular flexibility index (Phi) is 6.51. The van der Waals surface area contributed by atoms with Crippen molar-refractivity contribution in [2.24, 2.45) is 11.3 Å². The fraction of sp³-hybridized carbons (Fsp3) is 1.00.